The van der Waals surface area contributed by atoms with E-state index in [4.69, 9.17) is 6.42 Å². The quantitative estimate of drug-likeness (QED) is 0.548. The Bertz CT molecular complexity index is 401. The average molecular weight is 214 g/mol. The lowest BCUT2D eigenvalue weighted by atomic mass is 10.1. The number of benzene rings is 1. The topological polar surface area (TPSA) is 0 Å². The zero-order chi connectivity index (χ0) is 10.9. The summed E-state index contributed by atoms with van der Waals surface area (Å²) in [7, 11) is 0. The van der Waals surface area contributed by atoms with Crippen molar-refractivity contribution in [1.29, 1.82) is 0 Å². The summed E-state index contributed by atoms with van der Waals surface area (Å²) in [5.74, 6) is 6.83. The number of hydrogen-bond donors (Lipinski definition) is 0. The van der Waals surface area contributed by atoms with Crippen molar-refractivity contribution in [2.75, 3.05) is 5.75 Å². The van der Waals surface area contributed by atoms with Gasteiger partial charge in [-0.1, -0.05) is 49.1 Å². The van der Waals surface area contributed by atoms with Gasteiger partial charge in [0.1, 0.15) is 0 Å². The zero-order valence-corrected chi connectivity index (χ0v) is 9.73. The minimum Gasteiger partial charge on any atom is -0.115 e. The Labute approximate surface area is 96.5 Å². The van der Waals surface area contributed by atoms with Gasteiger partial charge in [-0.05, 0) is 23.8 Å². The van der Waals surface area contributed by atoms with E-state index in [1.165, 1.54) is 12.8 Å². The summed E-state index contributed by atoms with van der Waals surface area (Å²) in [6, 6.07) is 7.77. The van der Waals surface area contributed by atoms with Crippen LogP contribution in [0.15, 0.2) is 24.3 Å². The highest BCUT2D eigenvalue weighted by atomic mass is 32.2. The third-order valence-electron chi connectivity index (χ3n) is 1.94. The first-order valence-corrected chi connectivity index (χ1v) is 6.05. The summed E-state index contributed by atoms with van der Waals surface area (Å²) in [6.07, 6.45) is 7.81. The van der Waals surface area contributed by atoms with Gasteiger partial charge in [0.15, 0.2) is 0 Å². The van der Waals surface area contributed by atoms with Gasteiger partial charge < -0.3 is 0 Å². The Kier molecular flexibility index (Phi) is 5.52. The molecule has 0 radical (unpaired) electrons. The maximum Gasteiger partial charge on any atom is 0.0410 e. The van der Waals surface area contributed by atoms with Crippen LogP contribution in [0.2, 0.25) is 0 Å². The molecule has 0 fully saturated rings. The van der Waals surface area contributed by atoms with E-state index in [0.717, 1.165) is 16.9 Å². The molecule has 76 valence electrons. The van der Waals surface area contributed by atoms with Crippen LogP contribution in [0.1, 0.15) is 30.9 Å². The first-order chi connectivity index (χ1) is 7.38. The molecule has 1 aromatic carbocycles. The van der Waals surface area contributed by atoms with Crippen molar-refractivity contribution in [1.82, 2.24) is 0 Å². The molecule has 0 aliphatic rings. The molecule has 0 bridgehead atoms. The summed E-state index contributed by atoms with van der Waals surface area (Å²) in [5, 5.41) is 3.08. The van der Waals surface area contributed by atoms with Crippen molar-refractivity contribution in [3.63, 3.8) is 0 Å². The first-order valence-electron chi connectivity index (χ1n) is 5.07. The van der Waals surface area contributed by atoms with E-state index in [0.29, 0.717) is 0 Å². The highest BCUT2D eigenvalue weighted by Crippen LogP contribution is 2.07. The molecule has 0 saturated carbocycles. The van der Waals surface area contributed by atoms with Gasteiger partial charge in [-0.2, -0.15) is 0 Å². The van der Waals surface area contributed by atoms with Gasteiger partial charge >= 0.3 is 0 Å². The van der Waals surface area contributed by atoms with Gasteiger partial charge in [0.25, 0.3) is 0 Å². The smallest absolute Gasteiger partial charge is 0.0410 e. The molecular weight excluding hydrogens is 200 g/mol. The van der Waals surface area contributed by atoms with Gasteiger partial charge in [-0.25, -0.2) is 0 Å². The Hall–Kier alpha value is -1.31. The molecule has 0 amide bonds. The summed E-state index contributed by atoms with van der Waals surface area (Å²) >= 11 is 1.66. The first kappa shape index (κ1) is 11.8. The molecule has 1 rings (SSSR count). The Morgan fingerprint density at radius 1 is 1.27 bits per heavy atom. The Morgan fingerprint density at radius 2 is 2.00 bits per heavy atom. The molecule has 0 atom stereocenters. The number of unbranched alkanes of at least 4 members (excludes halogenated alkanes) is 1. The molecule has 0 saturated heterocycles. The van der Waals surface area contributed by atoms with Crippen LogP contribution in [0, 0.1) is 23.5 Å². The predicted octanol–water partition coefficient (Wildman–Crippen LogP) is 3.51. The van der Waals surface area contributed by atoms with E-state index in [-0.39, 0.29) is 0 Å². The molecule has 1 aromatic rings. The summed E-state index contributed by atoms with van der Waals surface area (Å²) < 4.78 is 0. The maximum atomic E-state index is 5.38. The molecule has 0 nitrogen and oxygen atoms in total. The van der Waals surface area contributed by atoms with Crippen LogP contribution in [0.4, 0.5) is 0 Å². The number of thioether (sulfide) groups is 1. The number of terminal acetylenes is 1. The Balaban J connectivity index is 2.60. The normalized spacial score (nSPS) is 8.80. The van der Waals surface area contributed by atoms with Gasteiger partial charge in [0, 0.05) is 16.9 Å². The molecule has 0 unspecified atom stereocenters. The van der Waals surface area contributed by atoms with Crippen LogP contribution in [0.3, 0.4) is 0 Å². The van der Waals surface area contributed by atoms with Crippen LogP contribution in [-0.2, 0) is 0 Å². The van der Waals surface area contributed by atoms with Gasteiger partial charge in [-0.3, -0.25) is 0 Å². The fraction of sp³-hybridized carbons (Fsp3) is 0.286. The van der Waals surface area contributed by atoms with Gasteiger partial charge in [0.2, 0.25) is 0 Å². The molecule has 0 N–H and O–H groups in total. The third kappa shape index (κ3) is 4.15. The second-order valence-electron chi connectivity index (χ2n) is 3.12. The number of rotatable bonds is 3. The lowest BCUT2D eigenvalue weighted by Gasteiger charge is -1.94. The minimum atomic E-state index is 0.876. The second-order valence-corrected chi connectivity index (χ2v) is 4.02. The number of hydrogen-bond acceptors (Lipinski definition) is 1. The minimum absolute atomic E-state index is 0.876. The van der Waals surface area contributed by atoms with Crippen molar-refractivity contribution >= 4 is 11.8 Å². The summed E-state index contributed by atoms with van der Waals surface area (Å²) in [6.45, 7) is 2.18. The SMILES string of the molecule is C#Cc1ccccc1C#CSCCCC. The van der Waals surface area contributed by atoms with Crippen LogP contribution in [0.25, 0.3) is 0 Å². The van der Waals surface area contributed by atoms with E-state index < -0.39 is 0 Å². The molecule has 0 heterocycles. The molecule has 0 aromatic heterocycles. The van der Waals surface area contributed by atoms with Gasteiger partial charge in [-0.15, -0.1) is 6.42 Å². The van der Waals surface area contributed by atoms with E-state index in [2.05, 4.69) is 24.0 Å². The Morgan fingerprint density at radius 3 is 2.67 bits per heavy atom. The monoisotopic (exact) mass is 214 g/mol. The largest absolute Gasteiger partial charge is 0.115 e. The van der Waals surface area contributed by atoms with E-state index in [1.54, 1.807) is 11.8 Å². The van der Waals surface area contributed by atoms with Gasteiger partial charge in [0.05, 0.1) is 0 Å². The van der Waals surface area contributed by atoms with Crippen LogP contribution >= 0.6 is 11.8 Å². The maximum absolute atomic E-state index is 5.38. The van der Waals surface area contributed by atoms with Crippen molar-refractivity contribution in [3.8, 4) is 23.5 Å². The van der Waals surface area contributed by atoms with Crippen LogP contribution in [-0.4, -0.2) is 5.75 Å². The van der Waals surface area contributed by atoms with E-state index >= 15 is 0 Å². The summed E-state index contributed by atoms with van der Waals surface area (Å²) in [4.78, 5) is 0. The second kappa shape index (κ2) is 7.04. The third-order valence-corrected chi connectivity index (χ3v) is 2.68. The average Bonchev–Trinajstić information content (AvgIpc) is 2.29. The molecule has 0 spiro atoms. The zero-order valence-electron chi connectivity index (χ0n) is 8.92. The molecule has 0 aliphatic carbocycles. The summed E-state index contributed by atoms with van der Waals surface area (Å²) in [5.41, 5.74) is 1.82. The van der Waals surface area contributed by atoms with E-state index in [1.807, 2.05) is 24.3 Å². The lowest BCUT2D eigenvalue weighted by molar-refractivity contribution is 0.898. The molecule has 0 aliphatic heterocycles. The molecule has 1 heteroatoms. The van der Waals surface area contributed by atoms with Crippen molar-refractivity contribution < 1.29 is 0 Å². The highest BCUT2D eigenvalue weighted by molar-refractivity contribution is 8.03. The highest BCUT2D eigenvalue weighted by Gasteiger charge is 1.92. The molecule has 15 heavy (non-hydrogen) atoms. The van der Waals surface area contributed by atoms with Crippen molar-refractivity contribution in [2.45, 2.75) is 19.8 Å². The fourth-order valence-corrected chi connectivity index (χ4v) is 1.79. The standard InChI is InChI=1S/C14H14S/c1-3-5-11-15-12-10-14-9-7-6-8-13(14)4-2/h2,6-9H,3,5,11H2,1H3. The van der Waals surface area contributed by atoms with E-state index in [9.17, 15) is 0 Å². The predicted molar refractivity (Wildman–Crippen MR) is 68.6 cm³/mol. The molecular formula is C14H14S. The van der Waals surface area contributed by atoms with Crippen molar-refractivity contribution in [2.24, 2.45) is 0 Å². The lowest BCUT2D eigenvalue weighted by Crippen LogP contribution is -1.81. The van der Waals surface area contributed by atoms with Crippen molar-refractivity contribution in [3.05, 3.63) is 35.4 Å². The van der Waals surface area contributed by atoms with Crippen LogP contribution < -0.4 is 0 Å². The fourth-order valence-electron chi connectivity index (χ4n) is 1.08. The van der Waals surface area contributed by atoms with Crippen LogP contribution in [0.5, 0.6) is 0 Å².